The monoisotopic (exact) mass is 1980 g/mol. The number of carbonyl (C=O) groups excluding carboxylic acids is 9. The molecule has 0 unspecified atom stereocenters. The zero-order valence-corrected chi connectivity index (χ0v) is 84.8. The van der Waals surface area contributed by atoms with Crippen LogP contribution < -0.4 is 26.6 Å². The molecule has 5 aromatic heterocycles. The van der Waals surface area contributed by atoms with Crippen molar-refractivity contribution in [3.05, 3.63) is 143 Å². The SMILES string of the molecule is CC(=O)CCOCCN1CCN(c2ncc(C(=O)N3CCc4cc(Cn5nc(-c6ccc7oc(N)nc7c6)c6c(N)ncnc65)ccc4C3)cn2)CC1.CO[C@H]1C[C@@H]2CC[C@@H](C)[C@@](O)(O2)C(=O)C(=O)N2CCCC[C@H]2C(=O)O[C@H]([C@H](C)C[C@@H]2CC[C@@H](OC(=O)CCCOCCC(=O)NCc3cnc(N4CCN(C)CC4)nc3)[C@H](OC)C2)CC(=O)[C@H](C)/C=C(\C)[C@@H](O)[C@@H](OC)C(=O)[C@H](C)C[C@H](C)/C=C/C=C/C=C/1C. The highest BCUT2D eigenvalue weighted by Crippen LogP contribution is 2.41. The van der Waals surface area contributed by atoms with Gasteiger partial charge in [-0.1, -0.05) is 89.3 Å². The summed E-state index contributed by atoms with van der Waals surface area (Å²) < 4.78 is 54.5. The van der Waals surface area contributed by atoms with E-state index in [0.717, 1.165) is 93.2 Å². The second kappa shape index (κ2) is 51.8. The lowest BCUT2D eigenvalue weighted by Crippen LogP contribution is -2.61. The molecule has 2 bridgehead atoms. The quantitative estimate of drug-likeness (QED) is 0.0132. The molecule has 143 heavy (non-hydrogen) atoms. The van der Waals surface area contributed by atoms with Gasteiger partial charge in [0.25, 0.3) is 23.6 Å². The molecule has 5 fully saturated rings. The van der Waals surface area contributed by atoms with E-state index in [9.17, 15) is 53.4 Å². The number of anilines is 4. The number of hydrogen-bond donors (Lipinski definition) is 5. The Morgan fingerprint density at radius 2 is 1.44 bits per heavy atom. The number of likely N-dealkylation sites (N-methyl/N-ethyl adjacent to an activating group) is 1. The van der Waals surface area contributed by atoms with Gasteiger partial charge in [0.1, 0.15) is 65.4 Å². The van der Waals surface area contributed by atoms with E-state index in [1.165, 1.54) is 23.9 Å². The van der Waals surface area contributed by atoms with Crippen LogP contribution in [0.5, 0.6) is 0 Å². The summed E-state index contributed by atoms with van der Waals surface area (Å²) in [6.07, 6.45) is 20.3. The molecule has 0 radical (unpaired) electrons. The average molecular weight is 1980 g/mol. The van der Waals surface area contributed by atoms with Crippen molar-refractivity contribution in [1.29, 1.82) is 0 Å². The van der Waals surface area contributed by atoms with Gasteiger partial charge in [-0.05, 0) is 169 Å². The number of rotatable bonds is 28. The molecular weight excluding hydrogens is 1830 g/mol. The van der Waals surface area contributed by atoms with Crippen LogP contribution in [-0.2, 0) is 102 Å². The number of fused-ring (bicyclic) bond motifs is 6. The highest BCUT2D eigenvalue weighted by Gasteiger charge is 2.54. The van der Waals surface area contributed by atoms with Crippen LogP contribution in [0.4, 0.5) is 23.7 Å². The van der Waals surface area contributed by atoms with Crippen LogP contribution in [0, 0.1) is 35.5 Å². The first-order valence-electron chi connectivity index (χ1n) is 50.4. The molecule has 7 N–H and O–H groups in total. The number of ether oxygens (including phenoxy) is 8. The van der Waals surface area contributed by atoms with E-state index in [1.807, 2.05) is 78.9 Å². The Hall–Kier alpha value is -11.6. The summed E-state index contributed by atoms with van der Waals surface area (Å²) in [4.78, 5) is 165. The Morgan fingerprint density at radius 3 is 2.17 bits per heavy atom. The number of ketones is 4. The number of aromatic nitrogens is 9. The molecule has 1 aliphatic carbocycles. The molecule has 38 nitrogen and oxygen atoms in total. The van der Waals surface area contributed by atoms with Crippen molar-refractivity contribution in [2.45, 2.75) is 239 Å². The molecule has 774 valence electrons. The van der Waals surface area contributed by atoms with E-state index in [-0.39, 0.29) is 92.5 Å². The number of Topliss-reactive ketones (excluding diaryl/α,β-unsaturated/α-hetero) is 4. The van der Waals surface area contributed by atoms with Crippen LogP contribution in [0.3, 0.4) is 0 Å². The van der Waals surface area contributed by atoms with Gasteiger partial charge in [0, 0.05) is 199 Å². The fourth-order valence-electron chi connectivity index (χ4n) is 19.9. The number of hydrogen-bond acceptors (Lipinski definition) is 34. The predicted octanol–water partition coefficient (Wildman–Crippen LogP) is 9.73. The fourth-order valence-corrected chi connectivity index (χ4v) is 19.9. The minimum atomic E-state index is -2.47. The molecule has 38 heteroatoms. The lowest BCUT2D eigenvalue weighted by Gasteiger charge is -2.42. The van der Waals surface area contributed by atoms with Gasteiger partial charge in [-0.2, -0.15) is 10.1 Å². The first kappa shape index (κ1) is 109. The van der Waals surface area contributed by atoms with Crippen LogP contribution in [-0.4, -0.2) is 309 Å². The Morgan fingerprint density at radius 1 is 0.713 bits per heavy atom. The highest BCUT2D eigenvalue weighted by molar-refractivity contribution is 6.39. The van der Waals surface area contributed by atoms with Gasteiger partial charge in [-0.15, -0.1) is 0 Å². The molecule has 3 amide bonds. The fraction of sp³-hybridized carbons (Fsp3) is 0.590. The van der Waals surface area contributed by atoms with Gasteiger partial charge < -0.3 is 93.8 Å². The van der Waals surface area contributed by atoms with Crippen LogP contribution in [0.1, 0.15) is 191 Å². The van der Waals surface area contributed by atoms with E-state index in [1.54, 1.807) is 79.7 Å². The Kier molecular flexibility index (Phi) is 39.3. The van der Waals surface area contributed by atoms with E-state index in [0.29, 0.717) is 173 Å². The smallest absolute Gasteiger partial charge is 0.329 e. The molecule has 1 saturated carbocycles. The molecule has 4 saturated heterocycles. The van der Waals surface area contributed by atoms with Crippen LogP contribution in [0.2, 0.25) is 0 Å². The number of nitrogens with two attached hydrogens (primary N) is 2. The molecule has 14 rings (SSSR count). The first-order chi connectivity index (χ1) is 68.7. The maximum atomic E-state index is 14.7. The highest BCUT2D eigenvalue weighted by atomic mass is 16.6. The molecule has 11 heterocycles. The summed E-state index contributed by atoms with van der Waals surface area (Å²) in [7, 11) is 6.60. The topological polar surface area (TPSA) is 473 Å². The van der Waals surface area contributed by atoms with Crippen LogP contribution in [0.25, 0.3) is 33.4 Å². The number of nitrogens with one attached hydrogen (secondary N) is 1. The van der Waals surface area contributed by atoms with Crippen molar-refractivity contribution in [2.75, 3.05) is 148 Å². The van der Waals surface area contributed by atoms with Crippen molar-refractivity contribution < 1.29 is 95.7 Å². The summed E-state index contributed by atoms with van der Waals surface area (Å²) in [6.45, 7) is 25.4. The number of amides is 3. The Balaban J connectivity index is 0.000000272. The second-order valence-corrected chi connectivity index (χ2v) is 39.4. The first-order valence-corrected chi connectivity index (χ1v) is 50.4. The van der Waals surface area contributed by atoms with Gasteiger partial charge in [-0.25, -0.2) is 39.4 Å². The van der Waals surface area contributed by atoms with E-state index >= 15 is 0 Å². The summed E-state index contributed by atoms with van der Waals surface area (Å²) in [5.74, 6) is -7.39. The molecule has 7 aliphatic rings. The van der Waals surface area contributed by atoms with E-state index in [2.05, 4.69) is 85.1 Å². The Bertz CT molecular complexity index is 5640. The lowest BCUT2D eigenvalue weighted by molar-refractivity contribution is -0.265. The molecule has 7 aromatic rings. The molecule has 6 aliphatic heterocycles. The van der Waals surface area contributed by atoms with Crippen molar-refractivity contribution in [3.8, 4) is 11.3 Å². The summed E-state index contributed by atoms with van der Waals surface area (Å²) >= 11 is 0. The number of cyclic esters (lactones) is 1. The van der Waals surface area contributed by atoms with E-state index < -0.39 is 102 Å². The third-order valence-corrected chi connectivity index (χ3v) is 28.7. The predicted molar refractivity (Wildman–Crippen MR) is 535 cm³/mol. The van der Waals surface area contributed by atoms with Crippen molar-refractivity contribution in [2.24, 2.45) is 35.5 Å². The number of allylic oxidation sites excluding steroid dienone is 6. The van der Waals surface area contributed by atoms with Gasteiger partial charge in [0.05, 0.1) is 55.6 Å². The molecule has 0 spiro atoms. The zero-order valence-electron chi connectivity index (χ0n) is 84.8. The number of nitrogens with zero attached hydrogens (tertiary/aromatic N) is 15. The minimum absolute atomic E-state index is 0.00188. The number of aliphatic hydroxyl groups excluding tert-OH is 1. The normalized spacial score (nSPS) is 26.7. The van der Waals surface area contributed by atoms with E-state index in [4.69, 9.17) is 58.9 Å². The van der Waals surface area contributed by atoms with Gasteiger partial charge in [0.2, 0.25) is 23.6 Å². The maximum absolute atomic E-state index is 14.7. The minimum Gasteiger partial charge on any atom is -0.460 e. The van der Waals surface area contributed by atoms with Gasteiger partial charge in [-0.3, -0.25) is 43.3 Å². The summed E-state index contributed by atoms with van der Waals surface area (Å²) in [5, 5.41) is 32.2. The number of methoxy groups -OCH3 is 3. The number of nitrogen functional groups attached to an aromatic ring is 2. The van der Waals surface area contributed by atoms with Gasteiger partial charge in [0.15, 0.2) is 17.0 Å². The third-order valence-electron chi connectivity index (χ3n) is 28.7. The zero-order chi connectivity index (χ0) is 102. The number of carbonyl (C=O) groups is 9. The number of benzene rings is 2. The number of oxazole rings is 1. The average Bonchev–Trinajstić information content (AvgIpc) is 1.29. The maximum Gasteiger partial charge on any atom is 0.329 e. The van der Waals surface area contributed by atoms with Crippen molar-refractivity contribution in [1.82, 2.24) is 69.6 Å². The molecular formula is C105H144N18O20. The van der Waals surface area contributed by atoms with Crippen LogP contribution >= 0.6 is 0 Å². The largest absolute Gasteiger partial charge is 0.460 e. The molecule has 15 atom stereocenters. The standard InChI is InChI=1S/C68H104N6O16.C37H40N12O4/c1-43-18-13-12-14-19-44(2)56(84-9)38-52-24-22-49(7)68(83,90-52)64(80)65(81)74-27-16-15-20-53(74)66(82)89-57(39-54(75)45(3)35-48(6)62(79)63(86-11)61(78)47(5)34-43)46(4)36-50-23-25-55(58(37-50)85-10)88-60(77)21-17-32-87-33-26-59(76)69-40-51-41-70-67(71-42-51)73-30-28-72(8)29-31-73;1-23(50)7-14-52-15-13-46-9-11-47(12-10-46)37-40-18-28(19-41-37)35(51)48-8-6-25-16-24(2-3-27(25)21-48)20-49-34-31(33(38)42-22-43-34)32(45-49)26-4-5-30-29(17-26)44-36(39)53-30/h12-14,18-19,35,41-43,45-47,49-50,52-53,55-58,62-63,79,83H,15-17,20-34,36-40H2,1-11H3,(H,69,76);2-5,16-19,22H,6-15,20-21H2,1H3,(H2,39,44)(H2,38,42,43)/b14-12+,18-13+,44-19+,48-35+;/t43-,45-,46-,47-,49-,50+,52+,53+,55-,56+,57+,58-,62-,63+,68-;/m1./s1. The van der Waals surface area contributed by atoms with Gasteiger partial charge >= 0.3 is 11.9 Å². The van der Waals surface area contributed by atoms with Crippen molar-refractivity contribution >= 4 is 98.7 Å². The number of piperazine rings is 2. The van der Waals surface area contributed by atoms with Crippen LogP contribution in [0.15, 0.2) is 120 Å². The second-order valence-electron chi connectivity index (χ2n) is 39.4. The third kappa shape index (κ3) is 29.2. The lowest BCUT2D eigenvalue weighted by atomic mass is 9.78. The van der Waals surface area contributed by atoms with Crippen molar-refractivity contribution in [3.63, 3.8) is 0 Å². The number of aliphatic hydroxyl groups is 2. The summed E-state index contributed by atoms with van der Waals surface area (Å²) in [5.41, 5.74) is 21.2. The Labute approximate surface area is 836 Å². The number of piperidine rings is 1. The number of esters is 2. The summed E-state index contributed by atoms with van der Waals surface area (Å²) in [6, 6.07) is 10.8. The molecule has 2 aromatic carbocycles.